The van der Waals surface area contributed by atoms with Crippen molar-refractivity contribution in [2.45, 2.75) is 19.8 Å². The van der Waals surface area contributed by atoms with Crippen LogP contribution in [0.1, 0.15) is 19.8 Å². The normalized spacial score (nSPS) is 19.4. The van der Waals surface area contributed by atoms with Gasteiger partial charge in [0.15, 0.2) is 0 Å². The summed E-state index contributed by atoms with van der Waals surface area (Å²) >= 11 is 0. The largest absolute Gasteiger partial charge is 0.501 e. The lowest BCUT2D eigenvalue weighted by Crippen LogP contribution is -1.96. The number of allylic oxidation sites excluding steroid dienone is 3. The smallest absolute Gasteiger partial charge is 0.0876 e. The van der Waals surface area contributed by atoms with Gasteiger partial charge in [0.2, 0.25) is 0 Å². The molecule has 1 heterocycles. The molecule has 1 nitrogen and oxygen atoms in total. The predicted molar refractivity (Wildman–Crippen MR) is 38.1 cm³/mol. The number of hydrogen-bond donors (Lipinski definition) is 0. The van der Waals surface area contributed by atoms with E-state index in [4.69, 9.17) is 4.74 Å². The van der Waals surface area contributed by atoms with Crippen LogP contribution in [0.2, 0.25) is 0 Å². The van der Waals surface area contributed by atoms with Crippen molar-refractivity contribution in [3.05, 3.63) is 24.0 Å². The molecule has 1 aliphatic heterocycles. The molecule has 0 aliphatic carbocycles. The summed E-state index contributed by atoms with van der Waals surface area (Å²) in [5, 5.41) is 0. The van der Waals surface area contributed by atoms with Crippen molar-refractivity contribution < 1.29 is 4.74 Å². The maximum absolute atomic E-state index is 5.12. The molecule has 0 saturated heterocycles. The minimum absolute atomic E-state index is 0.890. The summed E-state index contributed by atoms with van der Waals surface area (Å²) in [5.74, 6) is 0. The van der Waals surface area contributed by atoms with Gasteiger partial charge >= 0.3 is 0 Å². The van der Waals surface area contributed by atoms with Crippen LogP contribution in [0.5, 0.6) is 0 Å². The van der Waals surface area contributed by atoms with Crippen LogP contribution in [-0.4, -0.2) is 6.61 Å². The summed E-state index contributed by atoms with van der Waals surface area (Å²) < 4.78 is 5.12. The Kier molecular flexibility index (Phi) is 2.37. The van der Waals surface area contributed by atoms with Crippen molar-refractivity contribution in [2.24, 2.45) is 0 Å². The van der Waals surface area contributed by atoms with Gasteiger partial charge in [-0.1, -0.05) is 12.2 Å². The SMILES string of the molecule is C/C=C/C1=COCCC1. The van der Waals surface area contributed by atoms with Crippen LogP contribution >= 0.6 is 0 Å². The van der Waals surface area contributed by atoms with E-state index < -0.39 is 0 Å². The molecule has 0 spiro atoms. The second-order valence-electron chi connectivity index (χ2n) is 2.17. The van der Waals surface area contributed by atoms with Gasteiger partial charge in [-0.15, -0.1) is 0 Å². The Balaban J connectivity index is 2.46. The summed E-state index contributed by atoms with van der Waals surface area (Å²) in [5.41, 5.74) is 1.31. The molecule has 1 rings (SSSR count). The second kappa shape index (κ2) is 3.33. The maximum Gasteiger partial charge on any atom is 0.0876 e. The number of hydrogen-bond acceptors (Lipinski definition) is 1. The number of rotatable bonds is 1. The van der Waals surface area contributed by atoms with Crippen LogP contribution in [-0.2, 0) is 4.74 Å². The fourth-order valence-corrected chi connectivity index (χ4v) is 0.921. The molecule has 0 aromatic rings. The van der Waals surface area contributed by atoms with Crippen molar-refractivity contribution in [2.75, 3.05) is 6.61 Å². The molecule has 0 N–H and O–H groups in total. The molecule has 50 valence electrons. The highest BCUT2D eigenvalue weighted by atomic mass is 16.5. The van der Waals surface area contributed by atoms with E-state index >= 15 is 0 Å². The lowest BCUT2D eigenvalue weighted by molar-refractivity contribution is 0.227. The molecule has 0 aromatic heterocycles. The zero-order chi connectivity index (χ0) is 6.53. The van der Waals surface area contributed by atoms with Crippen molar-refractivity contribution >= 4 is 0 Å². The van der Waals surface area contributed by atoms with Crippen molar-refractivity contribution in [1.82, 2.24) is 0 Å². The summed E-state index contributed by atoms with van der Waals surface area (Å²) in [6, 6.07) is 0. The van der Waals surface area contributed by atoms with Crippen molar-refractivity contribution in [1.29, 1.82) is 0 Å². The Morgan fingerprint density at radius 1 is 1.67 bits per heavy atom. The average molecular weight is 124 g/mol. The van der Waals surface area contributed by atoms with Gasteiger partial charge in [0.25, 0.3) is 0 Å². The van der Waals surface area contributed by atoms with Gasteiger partial charge in [0.05, 0.1) is 12.9 Å². The van der Waals surface area contributed by atoms with Crippen LogP contribution in [0.15, 0.2) is 24.0 Å². The first-order chi connectivity index (χ1) is 4.43. The van der Waals surface area contributed by atoms with Crippen LogP contribution < -0.4 is 0 Å². The van der Waals surface area contributed by atoms with E-state index in [1.807, 2.05) is 19.3 Å². The van der Waals surface area contributed by atoms with Gasteiger partial charge in [-0.2, -0.15) is 0 Å². The Hall–Kier alpha value is -0.720. The minimum atomic E-state index is 0.890. The zero-order valence-corrected chi connectivity index (χ0v) is 5.76. The lowest BCUT2D eigenvalue weighted by Gasteiger charge is -2.09. The Morgan fingerprint density at radius 3 is 3.11 bits per heavy atom. The molecule has 9 heavy (non-hydrogen) atoms. The topological polar surface area (TPSA) is 9.23 Å². The second-order valence-corrected chi connectivity index (χ2v) is 2.17. The predicted octanol–water partition coefficient (Wildman–Crippen LogP) is 2.26. The summed E-state index contributed by atoms with van der Waals surface area (Å²) in [6.07, 6.45) is 8.32. The van der Waals surface area contributed by atoms with E-state index in [9.17, 15) is 0 Å². The molecule has 0 amide bonds. The molecule has 0 bridgehead atoms. The van der Waals surface area contributed by atoms with Crippen molar-refractivity contribution in [3.63, 3.8) is 0 Å². The molecule has 0 atom stereocenters. The first kappa shape index (κ1) is 6.40. The minimum Gasteiger partial charge on any atom is -0.501 e. The summed E-state index contributed by atoms with van der Waals surface area (Å²) in [4.78, 5) is 0. The van der Waals surface area contributed by atoms with Gasteiger partial charge in [-0.25, -0.2) is 0 Å². The Labute approximate surface area is 56.0 Å². The van der Waals surface area contributed by atoms with Crippen molar-refractivity contribution in [3.8, 4) is 0 Å². The molecule has 0 aromatic carbocycles. The molecular weight excluding hydrogens is 112 g/mol. The highest BCUT2D eigenvalue weighted by Crippen LogP contribution is 2.11. The third-order valence-electron chi connectivity index (χ3n) is 1.34. The summed E-state index contributed by atoms with van der Waals surface area (Å²) in [7, 11) is 0. The van der Waals surface area contributed by atoms with E-state index in [0.29, 0.717) is 0 Å². The highest BCUT2D eigenvalue weighted by molar-refractivity contribution is 5.16. The molecule has 0 saturated carbocycles. The van der Waals surface area contributed by atoms with Gasteiger partial charge < -0.3 is 4.74 Å². The molecule has 0 radical (unpaired) electrons. The fourth-order valence-electron chi connectivity index (χ4n) is 0.921. The third kappa shape index (κ3) is 1.92. The monoisotopic (exact) mass is 124 g/mol. The lowest BCUT2D eigenvalue weighted by atomic mass is 10.1. The molecule has 0 fully saturated rings. The summed E-state index contributed by atoms with van der Waals surface area (Å²) in [6.45, 7) is 2.91. The van der Waals surface area contributed by atoms with E-state index in [-0.39, 0.29) is 0 Å². The molecular formula is C8H12O. The van der Waals surface area contributed by atoms with Crippen LogP contribution in [0.3, 0.4) is 0 Å². The third-order valence-corrected chi connectivity index (χ3v) is 1.34. The van der Waals surface area contributed by atoms with E-state index in [1.54, 1.807) is 0 Å². The first-order valence-corrected chi connectivity index (χ1v) is 3.37. The molecule has 1 aliphatic rings. The highest BCUT2D eigenvalue weighted by Gasteiger charge is 1.98. The van der Waals surface area contributed by atoms with Crippen LogP contribution in [0, 0.1) is 0 Å². The van der Waals surface area contributed by atoms with E-state index in [1.165, 1.54) is 12.0 Å². The van der Waals surface area contributed by atoms with Gasteiger partial charge in [0.1, 0.15) is 0 Å². The maximum atomic E-state index is 5.12. The van der Waals surface area contributed by atoms with E-state index in [2.05, 4.69) is 6.08 Å². The molecule has 0 unspecified atom stereocenters. The average Bonchev–Trinajstić information content (AvgIpc) is 1.91. The first-order valence-electron chi connectivity index (χ1n) is 3.37. The number of ether oxygens (including phenoxy) is 1. The Bertz CT molecular complexity index is 134. The van der Waals surface area contributed by atoms with Gasteiger partial charge in [-0.3, -0.25) is 0 Å². The fraction of sp³-hybridized carbons (Fsp3) is 0.500. The zero-order valence-electron chi connectivity index (χ0n) is 5.76. The Morgan fingerprint density at radius 2 is 2.56 bits per heavy atom. The standard InChI is InChI=1S/C8H12O/c1-2-4-8-5-3-6-9-7-8/h2,4,7H,3,5-6H2,1H3/b4-2+. The van der Waals surface area contributed by atoms with Gasteiger partial charge in [0, 0.05) is 0 Å². The molecule has 1 heteroatoms. The van der Waals surface area contributed by atoms with Gasteiger partial charge in [-0.05, 0) is 25.3 Å². The van der Waals surface area contributed by atoms with E-state index in [0.717, 1.165) is 13.0 Å². The van der Waals surface area contributed by atoms with Crippen LogP contribution in [0.25, 0.3) is 0 Å². The quantitative estimate of drug-likeness (QED) is 0.521. The van der Waals surface area contributed by atoms with Crippen LogP contribution in [0.4, 0.5) is 0 Å².